The van der Waals surface area contributed by atoms with Crippen LogP contribution in [0.25, 0.3) is 0 Å². The Morgan fingerprint density at radius 1 is 0.929 bits per heavy atom. The second-order valence-electron chi connectivity index (χ2n) is 15.7. The minimum Gasteiger partial charge on any atom is -0.386 e. The lowest BCUT2D eigenvalue weighted by Crippen LogP contribution is -2.52. The zero-order valence-corrected chi connectivity index (χ0v) is 36.5. The van der Waals surface area contributed by atoms with Gasteiger partial charge in [-0.1, -0.05) is 123 Å². The number of nitrogens with zero attached hydrogens (tertiary/aromatic N) is 2. The first-order valence-corrected chi connectivity index (χ1v) is 19.2. The molecule has 0 radical (unpaired) electrons. The molecule has 2 N–H and O–H groups in total. The van der Waals surface area contributed by atoms with Crippen LogP contribution in [0.2, 0.25) is 10.0 Å². The Morgan fingerprint density at radius 2 is 1.57 bits per heavy atom. The molecule has 56 heavy (non-hydrogen) atoms. The summed E-state index contributed by atoms with van der Waals surface area (Å²) in [6.07, 6.45) is -0.470. The predicted octanol–water partition coefficient (Wildman–Crippen LogP) is 8.76. The number of anilines is 1. The van der Waals surface area contributed by atoms with Crippen molar-refractivity contribution in [1.29, 1.82) is 0 Å². The summed E-state index contributed by atoms with van der Waals surface area (Å²) in [7, 11) is 0. The normalized spacial score (nSPS) is 23.3. The van der Waals surface area contributed by atoms with Crippen LogP contribution in [0.5, 0.6) is 0 Å². The van der Waals surface area contributed by atoms with Gasteiger partial charge in [0.15, 0.2) is 0 Å². The Kier molecular flexibility index (Phi) is 16.3. The second-order valence-corrected chi connectivity index (χ2v) is 16.5. The van der Waals surface area contributed by atoms with Crippen LogP contribution in [-0.4, -0.2) is 79.0 Å². The number of amides is 1. The Balaban J connectivity index is 0.00000232. The summed E-state index contributed by atoms with van der Waals surface area (Å²) in [5.41, 5.74) is 1.67. The standard InChI is InChI=1S/C43H48Cl2FN3O4.3H2S/c1-42(2,3)26-36-43(32-18-17-30(44)25-34(32)47-41(43)51)37(31-15-10-16-33(45)38(31)46)35(27-53-24-21-48-19-22-52-23-20-48)49(36)39(28-11-6-4-7-12-28)40(50)29-13-8-5-9-14-29;;;/h4-18,25,35-37,39-40,50H,19-24,26-27H2,1-3H3,(H,47,51);3*1H2/t35-,36+,37-,39?,40-,43-;;;/m0.../s1. The summed E-state index contributed by atoms with van der Waals surface area (Å²) in [6.45, 7) is 10.8. The predicted molar refractivity (Wildman–Crippen MR) is 239 cm³/mol. The van der Waals surface area contributed by atoms with Crippen molar-refractivity contribution in [3.05, 3.63) is 135 Å². The van der Waals surface area contributed by atoms with Crippen LogP contribution < -0.4 is 5.32 Å². The lowest BCUT2D eigenvalue weighted by molar-refractivity contribution is -0.123. The fraction of sp³-hybridized carbons (Fsp3) is 0.419. The van der Waals surface area contributed by atoms with Crippen molar-refractivity contribution in [2.24, 2.45) is 5.41 Å². The number of aliphatic hydroxyl groups excluding tert-OH is 1. The highest BCUT2D eigenvalue weighted by molar-refractivity contribution is 7.59. The maximum absolute atomic E-state index is 16.8. The van der Waals surface area contributed by atoms with E-state index in [0.29, 0.717) is 49.1 Å². The van der Waals surface area contributed by atoms with Crippen LogP contribution in [0.15, 0.2) is 97.1 Å². The molecule has 2 fully saturated rings. The van der Waals surface area contributed by atoms with Crippen molar-refractivity contribution in [3.8, 4) is 0 Å². The van der Waals surface area contributed by atoms with E-state index in [9.17, 15) is 5.11 Å². The zero-order valence-electron chi connectivity index (χ0n) is 32.0. The quantitative estimate of drug-likeness (QED) is 0.147. The lowest BCUT2D eigenvalue weighted by Gasteiger charge is -2.44. The van der Waals surface area contributed by atoms with Gasteiger partial charge in [-0.2, -0.15) is 40.5 Å². The first kappa shape index (κ1) is 46.4. The number of halogens is 3. The monoisotopic (exact) mass is 861 g/mol. The van der Waals surface area contributed by atoms with Crippen molar-refractivity contribution in [3.63, 3.8) is 0 Å². The van der Waals surface area contributed by atoms with Gasteiger partial charge >= 0.3 is 0 Å². The van der Waals surface area contributed by atoms with Crippen molar-refractivity contribution in [1.82, 2.24) is 9.80 Å². The SMILES string of the molecule is CC(C)(C)C[C@H]1N(C(c2ccccc2)[C@@H](O)c2ccccc2)[C@@H](COCCN2CCOCC2)[C@H](c2cccc(Cl)c2F)[C@@]12C(=O)Nc1cc(Cl)ccc12.S.S.S. The van der Waals surface area contributed by atoms with Crippen LogP contribution in [-0.2, 0) is 19.7 Å². The number of fused-ring (bicyclic) bond motifs is 2. The van der Waals surface area contributed by atoms with Gasteiger partial charge in [0.25, 0.3) is 0 Å². The van der Waals surface area contributed by atoms with E-state index in [1.54, 1.807) is 24.3 Å². The molecule has 0 bridgehead atoms. The summed E-state index contributed by atoms with van der Waals surface area (Å²) < 4.78 is 29.0. The van der Waals surface area contributed by atoms with E-state index in [-0.39, 0.29) is 63.4 Å². The van der Waals surface area contributed by atoms with Crippen molar-refractivity contribution in [2.75, 3.05) is 51.4 Å². The number of likely N-dealkylation sites (tertiary alicyclic amines) is 1. The molecular weight excluding hydrogens is 809 g/mol. The van der Waals surface area contributed by atoms with Crippen LogP contribution in [0.3, 0.4) is 0 Å². The molecular formula is C43H54Cl2FN3O4S3. The van der Waals surface area contributed by atoms with E-state index in [1.807, 2.05) is 66.7 Å². The first-order chi connectivity index (χ1) is 25.5. The number of hydrogen-bond donors (Lipinski definition) is 2. The van der Waals surface area contributed by atoms with Gasteiger partial charge in [-0.05, 0) is 52.3 Å². The van der Waals surface area contributed by atoms with Gasteiger partial charge in [0.2, 0.25) is 5.91 Å². The van der Waals surface area contributed by atoms with E-state index < -0.39 is 41.4 Å². The van der Waals surface area contributed by atoms with E-state index >= 15 is 9.18 Å². The van der Waals surface area contributed by atoms with Gasteiger partial charge in [0, 0.05) is 48.3 Å². The lowest BCUT2D eigenvalue weighted by atomic mass is 9.62. The largest absolute Gasteiger partial charge is 0.386 e. The van der Waals surface area contributed by atoms with E-state index in [4.69, 9.17) is 32.7 Å². The molecule has 0 aliphatic carbocycles. The minimum atomic E-state index is -1.32. The average molecular weight is 863 g/mol. The summed E-state index contributed by atoms with van der Waals surface area (Å²) in [5, 5.41) is 16.3. The Hall–Kier alpha value is -2.29. The zero-order chi connectivity index (χ0) is 37.3. The van der Waals surface area contributed by atoms with Crippen LogP contribution in [0, 0.1) is 11.2 Å². The minimum absolute atomic E-state index is 0. The van der Waals surface area contributed by atoms with Gasteiger partial charge in [-0.25, -0.2) is 4.39 Å². The topological polar surface area (TPSA) is 74.3 Å². The Labute approximate surface area is 361 Å². The van der Waals surface area contributed by atoms with E-state index in [0.717, 1.165) is 29.8 Å². The molecule has 7 rings (SSSR count). The van der Waals surface area contributed by atoms with Crippen LogP contribution in [0.4, 0.5) is 10.1 Å². The third-order valence-corrected chi connectivity index (χ3v) is 11.7. The smallest absolute Gasteiger partial charge is 0.237 e. The number of rotatable bonds is 11. The fourth-order valence-electron chi connectivity index (χ4n) is 8.98. The fourth-order valence-corrected chi connectivity index (χ4v) is 9.34. The molecule has 1 amide bonds. The highest BCUT2D eigenvalue weighted by Gasteiger charge is 2.69. The number of nitrogens with one attached hydrogen (secondary N) is 1. The number of ether oxygens (including phenoxy) is 2. The summed E-state index contributed by atoms with van der Waals surface area (Å²) in [5.74, 6) is -1.58. The van der Waals surface area contributed by atoms with Crippen LogP contribution in [0.1, 0.15) is 67.5 Å². The van der Waals surface area contributed by atoms with Gasteiger partial charge < -0.3 is 19.9 Å². The number of aliphatic hydroxyl groups is 1. The third-order valence-electron chi connectivity index (χ3n) is 11.2. The maximum Gasteiger partial charge on any atom is 0.237 e. The molecule has 0 saturated carbocycles. The molecule has 4 aromatic rings. The molecule has 4 aromatic carbocycles. The van der Waals surface area contributed by atoms with Gasteiger partial charge in [0.1, 0.15) is 11.2 Å². The molecule has 0 aromatic heterocycles. The molecule has 1 spiro atoms. The van der Waals surface area contributed by atoms with E-state index in [2.05, 4.69) is 35.9 Å². The van der Waals surface area contributed by atoms with Gasteiger partial charge in [-0.3, -0.25) is 14.6 Å². The third kappa shape index (κ3) is 9.13. The van der Waals surface area contributed by atoms with Crippen LogP contribution >= 0.6 is 63.7 Å². The average Bonchev–Trinajstić information content (AvgIpc) is 3.58. The first-order valence-electron chi connectivity index (χ1n) is 18.5. The molecule has 304 valence electrons. The molecule has 3 heterocycles. The summed E-state index contributed by atoms with van der Waals surface area (Å²) >= 11 is 13.1. The molecule has 3 aliphatic heterocycles. The van der Waals surface area contributed by atoms with Crippen molar-refractivity contribution < 1.29 is 23.8 Å². The number of hydrogen-bond acceptors (Lipinski definition) is 6. The van der Waals surface area contributed by atoms with Gasteiger partial charge in [-0.15, -0.1) is 0 Å². The number of carbonyl (C=O) groups is 1. The van der Waals surface area contributed by atoms with Crippen molar-refractivity contribution in [2.45, 2.75) is 62.8 Å². The number of carbonyl (C=O) groups excluding carboxylic acids is 1. The van der Waals surface area contributed by atoms with Gasteiger partial charge in [0.05, 0.1) is 43.6 Å². The summed E-state index contributed by atoms with van der Waals surface area (Å²) in [6, 6.07) is 28.3. The maximum atomic E-state index is 16.8. The highest BCUT2D eigenvalue weighted by Crippen LogP contribution is 2.63. The molecule has 13 heteroatoms. The molecule has 1 unspecified atom stereocenters. The Bertz CT molecular complexity index is 1900. The van der Waals surface area contributed by atoms with E-state index in [1.165, 1.54) is 6.07 Å². The Morgan fingerprint density at radius 3 is 2.21 bits per heavy atom. The highest BCUT2D eigenvalue weighted by atomic mass is 35.5. The second kappa shape index (κ2) is 19.6. The molecule has 2 saturated heterocycles. The van der Waals surface area contributed by atoms with Crippen molar-refractivity contribution >= 4 is 75.3 Å². The number of benzene rings is 4. The molecule has 6 atom stereocenters. The molecule has 7 nitrogen and oxygen atoms in total. The molecule has 3 aliphatic rings. The number of morpholine rings is 1. The summed E-state index contributed by atoms with van der Waals surface area (Å²) in [4.78, 5) is 19.8.